The molecule has 0 aliphatic heterocycles. The van der Waals surface area contributed by atoms with E-state index in [2.05, 4.69) is 48.5 Å². The quantitative estimate of drug-likeness (QED) is 0.705. The van der Waals surface area contributed by atoms with Gasteiger partial charge in [-0.25, -0.2) is 0 Å². The van der Waals surface area contributed by atoms with Crippen molar-refractivity contribution in [1.29, 1.82) is 0 Å². The summed E-state index contributed by atoms with van der Waals surface area (Å²) < 4.78 is 0. The molecule has 1 nitrogen and oxygen atoms in total. The largest absolute Gasteiger partial charge is 0.390 e. The topological polar surface area (TPSA) is 20.2 Å². The van der Waals surface area contributed by atoms with Gasteiger partial charge >= 0.3 is 0 Å². The highest BCUT2D eigenvalue weighted by Crippen LogP contribution is 2.35. The van der Waals surface area contributed by atoms with Gasteiger partial charge in [0.1, 0.15) is 0 Å². The van der Waals surface area contributed by atoms with Gasteiger partial charge in [-0.2, -0.15) is 0 Å². The van der Waals surface area contributed by atoms with Gasteiger partial charge in [0.15, 0.2) is 0 Å². The molecular weight excluding hydrogens is 184 g/mol. The molecule has 0 heterocycles. The number of aliphatic hydroxyl groups is 1. The Labute approximate surface area is 96.3 Å². The van der Waals surface area contributed by atoms with Crippen molar-refractivity contribution in [3.63, 3.8) is 0 Å². The summed E-state index contributed by atoms with van der Waals surface area (Å²) >= 11 is 0. The van der Waals surface area contributed by atoms with Crippen LogP contribution in [-0.2, 0) is 0 Å². The van der Waals surface area contributed by atoms with E-state index in [1.165, 1.54) is 0 Å². The van der Waals surface area contributed by atoms with Crippen LogP contribution in [0.25, 0.3) is 0 Å². The molecule has 1 unspecified atom stereocenters. The molecule has 0 aliphatic rings. The third-order valence-electron chi connectivity index (χ3n) is 3.37. The van der Waals surface area contributed by atoms with Gasteiger partial charge in [0, 0.05) is 0 Å². The standard InChI is InChI=1S/C14H30O/c1-10(2)8-14(15,9-11(3)4)13(7)12(5)6/h10-13,15H,8-9H2,1-7H3. The maximum atomic E-state index is 10.8. The average Bonchev–Trinajstić information content (AvgIpc) is 1.99. The molecule has 0 aliphatic carbocycles. The first-order chi connectivity index (χ1) is 6.69. The van der Waals surface area contributed by atoms with Gasteiger partial charge in [0.05, 0.1) is 5.60 Å². The van der Waals surface area contributed by atoms with E-state index in [1.54, 1.807) is 0 Å². The lowest BCUT2D eigenvalue weighted by molar-refractivity contribution is -0.0610. The summed E-state index contributed by atoms with van der Waals surface area (Å²) in [6.45, 7) is 15.4. The van der Waals surface area contributed by atoms with E-state index in [-0.39, 0.29) is 0 Å². The molecule has 0 aromatic heterocycles. The molecule has 92 valence electrons. The van der Waals surface area contributed by atoms with Gasteiger partial charge in [-0.3, -0.25) is 0 Å². The Balaban J connectivity index is 4.67. The van der Waals surface area contributed by atoms with E-state index < -0.39 is 5.60 Å². The molecule has 0 spiro atoms. The van der Waals surface area contributed by atoms with Crippen LogP contribution in [0.3, 0.4) is 0 Å². The molecule has 0 aromatic carbocycles. The lowest BCUT2D eigenvalue weighted by atomic mass is 9.72. The number of hydrogen-bond donors (Lipinski definition) is 1. The Kier molecular flexibility index (Phi) is 5.87. The van der Waals surface area contributed by atoms with Crippen LogP contribution in [0.1, 0.15) is 61.3 Å². The first-order valence-electron chi connectivity index (χ1n) is 6.41. The predicted octanol–water partition coefficient (Wildman–Crippen LogP) is 4.10. The van der Waals surface area contributed by atoms with Crippen LogP contribution in [0.15, 0.2) is 0 Å². The fourth-order valence-corrected chi connectivity index (χ4v) is 2.49. The third kappa shape index (κ3) is 5.01. The van der Waals surface area contributed by atoms with Crippen molar-refractivity contribution >= 4 is 0 Å². The van der Waals surface area contributed by atoms with Crippen LogP contribution < -0.4 is 0 Å². The summed E-state index contributed by atoms with van der Waals surface area (Å²) in [6.07, 6.45) is 1.84. The highest BCUT2D eigenvalue weighted by atomic mass is 16.3. The van der Waals surface area contributed by atoms with Crippen molar-refractivity contribution in [3.8, 4) is 0 Å². The minimum Gasteiger partial charge on any atom is -0.390 e. The van der Waals surface area contributed by atoms with Crippen molar-refractivity contribution in [2.24, 2.45) is 23.7 Å². The van der Waals surface area contributed by atoms with E-state index in [0.717, 1.165) is 12.8 Å². The highest BCUT2D eigenvalue weighted by molar-refractivity contribution is 4.87. The molecule has 15 heavy (non-hydrogen) atoms. The van der Waals surface area contributed by atoms with Crippen LogP contribution in [0.2, 0.25) is 0 Å². The van der Waals surface area contributed by atoms with Gasteiger partial charge in [-0.1, -0.05) is 48.5 Å². The first kappa shape index (κ1) is 15.0. The molecule has 0 amide bonds. The van der Waals surface area contributed by atoms with Crippen molar-refractivity contribution < 1.29 is 5.11 Å². The molecule has 0 saturated carbocycles. The molecule has 1 N–H and O–H groups in total. The summed E-state index contributed by atoms with van der Waals surface area (Å²) in [7, 11) is 0. The zero-order chi connectivity index (χ0) is 12.2. The molecule has 1 atom stereocenters. The third-order valence-corrected chi connectivity index (χ3v) is 3.37. The molecule has 1 heteroatoms. The van der Waals surface area contributed by atoms with Crippen molar-refractivity contribution in [1.82, 2.24) is 0 Å². The van der Waals surface area contributed by atoms with E-state index in [4.69, 9.17) is 0 Å². The van der Waals surface area contributed by atoms with E-state index in [1.807, 2.05) is 0 Å². The van der Waals surface area contributed by atoms with Gasteiger partial charge in [0.25, 0.3) is 0 Å². The summed E-state index contributed by atoms with van der Waals surface area (Å²) in [5.41, 5.74) is -0.476. The van der Waals surface area contributed by atoms with E-state index in [9.17, 15) is 5.11 Å². The lowest BCUT2D eigenvalue weighted by Crippen LogP contribution is -2.41. The predicted molar refractivity (Wildman–Crippen MR) is 67.9 cm³/mol. The Hall–Kier alpha value is -0.0400. The lowest BCUT2D eigenvalue weighted by Gasteiger charge is -2.39. The molecule has 0 bridgehead atoms. The van der Waals surface area contributed by atoms with Crippen molar-refractivity contribution in [2.45, 2.75) is 66.9 Å². The van der Waals surface area contributed by atoms with E-state index in [0.29, 0.717) is 23.7 Å². The Morgan fingerprint density at radius 3 is 1.33 bits per heavy atom. The molecule has 0 aromatic rings. The summed E-state index contributed by atoms with van der Waals surface area (Å²) in [5.74, 6) is 2.06. The van der Waals surface area contributed by atoms with Gasteiger partial charge < -0.3 is 5.11 Å². The summed E-state index contributed by atoms with van der Waals surface area (Å²) in [5, 5.41) is 10.8. The average molecular weight is 214 g/mol. The Bertz CT molecular complexity index is 160. The second-order valence-electron chi connectivity index (χ2n) is 6.33. The van der Waals surface area contributed by atoms with Gasteiger partial charge in [-0.15, -0.1) is 0 Å². The second-order valence-corrected chi connectivity index (χ2v) is 6.33. The zero-order valence-corrected chi connectivity index (χ0v) is 11.7. The molecule has 0 rings (SSSR count). The fraction of sp³-hybridized carbons (Fsp3) is 1.00. The molecule has 0 saturated heterocycles. The van der Waals surface area contributed by atoms with Crippen LogP contribution in [0.4, 0.5) is 0 Å². The maximum Gasteiger partial charge on any atom is 0.0680 e. The normalized spacial score (nSPS) is 15.4. The van der Waals surface area contributed by atoms with Crippen LogP contribution in [0.5, 0.6) is 0 Å². The van der Waals surface area contributed by atoms with Crippen molar-refractivity contribution in [2.75, 3.05) is 0 Å². The second kappa shape index (κ2) is 5.89. The van der Waals surface area contributed by atoms with Crippen LogP contribution in [-0.4, -0.2) is 10.7 Å². The minimum absolute atomic E-state index is 0.377. The number of rotatable bonds is 6. The number of hydrogen-bond acceptors (Lipinski definition) is 1. The Morgan fingerprint density at radius 1 is 0.800 bits per heavy atom. The molecule has 0 fully saturated rings. The molecule has 0 radical (unpaired) electrons. The van der Waals surface area contributed by atoms with Gasteiger partial charge in [-0.05, 0) is 36.5 Å². The van der Waals surface area contributed by atoms with E-state index >= 15 is 0 Å². The fourth-order valence-electron chi connectivity index (χ4n) is 2.49. The van der Waals surface area contributed by atoms with Gasteiger partial charge in [0.2, 0.25) is 0 Å². The molecular formula is C14H30O. The van der Waals surface area contributed by atoms with Crippen LogP contribution >= 0.6 is 0 Å². The first-order valence-corrected chi connectivity index (χ1v) is 6.41. The Morgan fingerprint density at radius 2 is 1.13 bits per heavy atom. The smallest absolute Gasteiger partial charge is 0.0680 e. The summed E-state index contributed by atoms with van der Waals surface area (Å²) in [6, 6.07) is 0. The minimum atomic E-state index is -0.476. The van der Waals surface area contributed by atoms with Crippen LogP contribution in [0, 0.1) is 23.7 Å². The summed E-state index contributed by atoms with van der Waals surface area (Å²) in [4.78, 5) is 0. The maximum absolute atomic E-state index is 10.8. The SMILES string of the molecule is CC(C)CC(O)(CC(C)C)C(C)C(C)C. The highest BCUT2D eigenvalue weighted by Gasteiger charge is 2.36. The monoisotopic (exact) mass is 214 g/mol. The van der Waals surface area contributed by atoms with Crippen molar-refractivity contribution in [3.05, 3.63) is 0 Å². The zero-order valence-electron chi connectivity index (χ0n) is 11.7.